The number of ether oxygens (including phenoxy) is 2. The first kappa shape index (κ1) is 37.1. The van der Waals surface area contributed by atoms with Gasteiger partial charge in [0.25, 0.3) is 0 Å². The summed E-state index contributed by atoms with van der Waals surface area (Å²) in [5.41, 5.74) is 2.03. The lowest BCUT2D eigenvalue weighted by atomic mass is 9.47. The van der Waals surface area contributed by atoms with Crippen LogP contribution in [0.25, 0.3) is 0 Å². The highest BCUT2D eigenvalue weighted by molar-refractivity contribution is 7.99. The standard InChI is InChI=1S/C39H68O6S/c1-25(2)11-10-12-26(3)30-15-16-31-29-14-13-27-23-28(17-19-38(27,4)32(29)18-20-39(30,31)5)44-21-8-6-7-9-22-46-37-36(43)35(42)34(41)33(24-40)45-37/h13,25-26,28-37,40-43H,6-12,14-24H2,1-5H3/t26?,28-,29?,30+,31-,32-,33-,34+,35-,36+,37-,38-,39+/m0/s1. The van der Waals surface area contributed by atoms with Crippen molar-refractivity contribution >= 4 is 11.8 Å². The Morgan fingerprint density at radius 1 is 0.891 bits per heavy atom. The lowest BCUT2D eigenvalue weighted by Gasteiger charge is -2.58. The summed E-state index contributed by atoms with van der Waals surface area (Å²) in [6.45, 7) is 13.1. The molecule has 4 aliphatic carbocycles. The predicted octanol–water partition coefficient (Wildman–Crippen LogP) is 7.51. The summed E-state index contributed by atoms with van der Waals surface area (Å²) >= 11 is 1.45. The fourth-order valence-electron chi connectivity index (χ4n) is 11.0. The molecule has 1 saturated heterocycles. The van der Waals surface area contributed by atoms with E-state index in [4.69, 9.17) is 9.47 Å². The van der Waals surface area contributed by atoms with Gasteiger partial charge in [-0.05, 0) is 116 Å². The maximum absolute atomic E-state index is 10.2. The topological polar surface area (TPSA) is 99.4 Å². The van der Waals surface area contributed by atoms with Gasteiger partial charge in [-0.2, -0.15) is 0 Å². The van der Waals surface area contributed by atoms with Gasteiger partial charge in [-0.15, -0.1) is 11.8 Å². The Hall–Kier alpha value is -0.150. The molecule has 1 heterocycles. The number of aliphatic hydroxyl groups excluding tert-OH is 4. The minimum Gasteiger partial charge on any atom is -0.394 e. The molecule has 46 heavy (non-hydrogen) atoms. The van der Waals surface area contributed by atoms with Crippen molar-refractivity contribution in [3.05, 3.63) is 11.6 Å². The van der Waals surface area contributed by atoms with E-state index in [0.717, 1.165) is 80.0 Å². The van der Waals surface area contributed by atoms with Crippen LogP contribution >= 0.6 is 11.8 Å². The van der Waals surface area contributed by atoms with Crippen LogP contribution in [0.4, 0.5) is 0 Å². The highest BCUT2D eigenvalue weighted by atomic mass is 32.2. The lowest BCUT2D eigenvalue weighted by Crippen LogP contribution is -2.57. The van der Waals surface area contributed by atoms with Crippen molar-refractivity contribution in [2.75, 3.05) is 19.0 Å². The van der Waals surface area contributed by atoms with Gasteiger partial charge in [-0.25, -0.2) is 0 Å². The first-order chi connectivity index (χ1) is 22.0. The van der Waals surface area contributed by atoms with Crippen LogP contribution in [0.5, 0.6) is 0 Å². The molecule has 7 heteroatoms. The summed E-state index contributed by atoms with van der Waals surface area (Å²) in [6.07, 6.45) is 17.7. The summed E-state index contributed by atoms with van der Waals surface area (Å²) in [4.78, 5) is 0. The van der Waals surface area contributed by atoms with Crippen LogP contribution in [0, 0.1) is 46.3 Å². The van der Waals surface area contributed by atoms with Gasteiger partial charge >= 0.3 is 0 Å². The number of thioether (sulfide) groups is 1. The van der Waals surface area contributed by atoms with E-state index in [1.54, 1.807) is 5.57 Å². The van der Waals surface area contributed by atoms with Crippen molar-refractivity contribution in [2.24, 2.45) is 46.3 Å². The molecular weight excluding hydrogens is 596 g/mol. The van der Waals surface area contributed by atoms with Crippen LogP contribution in [0.15, 0.2) is 11.6 Å². The molecule has 4 N–H and O–H groups in total. The number of allylic oxidation sites excluding steroid dienone is 1. The summed E-state index contributed by atoms with van der Waals surface area (Å²) in [6, 6.07) is 0. The highest BCUT2D eigenvalue weighted by Gasteiger charge is 2.59. The molecule has 0 amide bonds. The molecule has 3 saturated carbocycles. The summed E-state index contributed by atoms with van der Waals surface area (Å²) in [5, 5.41) is 39.5. The first-order valence-electron chi connectivity index (χ1n) is 19.2. The smallest absolute Gasteiger partial charge is 0.132 e. The Morgan fingerprint density at radius 3 is 2.43 bits per heavy atom. The summed E-state index contributed by atoms with van der Waals surface area (Å²) in [7, 11) is 0. The summed E-state index contributed by atoms with van der Waals surface area (Å²) < 4.78 is 12.1. The Bertz CT molecular complexity index is 988. The van der Waals surface area contributed by atoms with Gasteiger partial charge in [0, 0.05) is 6.61 Å². The maximum atomic E-state index is 10.2. The third-order valence-electron chi connectivity index (χ3n) is 13.8. The van der Waals surface area contributed by atoms with Gasteiger partial charge in [0.15, 0.2) is 0 Å². The fourth-order valence-corrected chi connectivity index (χ4v) is 12.2. The van der Waals surface area contributed by atoms with Crippen LogP contribution in [0.3, 0.4) is 0 Å². The molecule has 13 atom stereocenters. The van der Waals surface area contributed by atoms with Crippen molar-refractivity contribution in [1.82, 2.24) is 0 Å². The summed E-state index contributed by atoms with van der Waals surface area (Å²) in [5.74, 6) is 6.10. The third kappa shape index (κ3) is 7.92. The molecule has 2 unspecified atom stereocenters. The van der Waals surface area contributed by atoms with Crippen LogP contribution in [0.1, 0.15) is 131 Å². The van der Waals surface area contributed by atoms with E-state index in [-0.39, 0.29) is 6.61 Å². The third-order valence-corrected chi connectivity index (χ3v) is 15.0. The van der Waals surface area contributed by atoms with E-state index in [9.17, 15) is 20.4 Å². The van der Waals surface area contributed by atoms with Crippen LogP contribution < -0.4 is 0 Å². The Kier molecular flexibility index (Phi) is 13.1. The number of hydrogen-bond donors (Lipinski definition) is 4. The number of unbranched alkanes of at least 4 members (excludes halogenated alkanes) is 3. The van der Waals surface area contributed by atoms with Gasteiger partial charge in [0.05, 0.1) is 12.7 Å². The fraction of sp³-hybridized carbons (Fsp3) is 0.949. The van der Waals surface area contributed by atoms with Crippen molar-refractivity contribution in [3.8, 4) is 0 Å². The van der Waals surface area contributed by atoms with Crippen molar-refractivity contribution in [1.29, 1.82) is 0 Å². The molecule has 1 aliphatic heterocycles. The van der Waals surface area contributed by atoms with Crippen LogP contribution in [-0.2, 0) is 9.47 Å². The average molecular weight is 665 g/mol. The zero-order chi connectivity index (χ0) is 33.1. The molecule has 0 aromatic heterocycles. The van der Waals surface area contributed by atoms with Gasteiger partial charge < -0.3 is 29.9 Å². The molecular formula is C39H68O6S. The number of rotatable bonds is 15. The van der Waals surface area contributed by atoms with E-state index >= 15 is 0 Å². The normalized spacial score (nSPS) is 43.1. The average Bonchev–Trinajstić information content (AvgIpc) is 3.39. The lowest BCUT2D eigenvalue weighted by molar-refractivity contribution is -0.205. The van der Waals surface area contributed by atoms with E-state index in [2.05, 4.69) is 40.7 Å². The zero-order valence-corrected chi connectivity index (χ0v) is 30.6. The minimum absolute atomic E-state index is 0.369. The number of aliphatic hydroxyl groups is 4. The maximum Gasteiger partial charge on any atom is 0.132 e. The molecule has 0 spiro atoms. The van der Waals surface area contributed by atoms with Gasteiger partial charge in [0.1, 0.15) is 29.9 Å². The van der Waals surface area contributed by atoms with Gasteiger partial charge in [-0.1, -0.05) is 78.4 Å². The van der Waals surface area contributed by atoms with Crippen molar-refractivity contribution in [3.63, 3.8) is 0 Å². The van der Waals surface area contributed by atoms with E-state index < -0.39 is 29.9 Å². The van der Waals surface area contributed by atoms with Gasteiger partial charge in [0.2, 0.25) is 0 Å². The SMILES string of the molecule is CC(C)CCCC(C)[C@H]1CC[C@H]2C3CC=C4C[C@@H](OCCCCCCS[C@@H]5O[C@@H](CO)[C@@H](O)[C@H](O)[C@H]5O)CC[C@]4(C)[C@H]3CC[C@]12C. The molecule has 0 bridgehead atoms. The molecule has 6 nitrogen and oxygen atoms in total. The number of fused-ring (bicyclic) bond motifs is 5. The molecule has 5 rings (SSSR count). The second kappa shape index (κ2) is 16.2. The Labute approximate surface area is 284 Å². The van der Waals surface area contributed by atoms with Crippen LogP contribution in [0.2, 0.25) is 0 Å². The van der Waals surface area contributed by atoms with Crippen molar-refractivity contribution in [2.45, 2.75) is 167 Å². The quantitative estimate of drug-likeness (QED) is 0.106. The zero-order valence-electron chi connectivity index (χ0n) is 29.7. The molecule has 0 aromatic carbocycles. The van der Waals surface area contributed by atoms with E-state index in [0.29, 0.717) is 16.9 Å². The molecule has 0 radical (unpaired) electrons. The molecule has 5 aliphatic rings. The molecule has 266 valence electrons. The minimum atomic E-state index is -1.29. The second-order valence-corrected chi connectivity index (χ2v) is 18.2. The van der Waals surface area contributed by atoms with Crippen molar-refractivity contribution < 1.29 is 29.9 Å². The van der Waals surface area contributed by atoms with Crippen LogP contribution in [-0.4, -0.2) is 75.3 Å². The molecule has 4 fully saturated rings. The number of hydrogen-bond acceptors (Lipinski definition) is 7. The van der Waals surface area contributed by atoms with Gasteiger partial charge in [-0.3, -0.25) is 0 Å². The molecule has 0 aromatic rings. The Morgan fingerprint density at radius 2 is 1.67 bits per heavy atom. The van der Waals surface area contributed by atoms with E-state index in [1.807, 2.05) is 0 Å². The predicted molar refractivity (Wildman–Crippen MR) is 187 cm³/mol. The monoisotopic (exact) mass is 664 g/mol. The highest BCUT2D eigenvalue weighted by Crippen LogP contribution is 2.67. The largest absolute Gasteiger partial charge is 0.394 e. The van der Waals surface area contributed by atoms with E-state index in [1.165, 1.54) is 76.0 Å². The Balaban J connectivity index is 1.02. The second-order valence-electron chi connectivity index (χ2n) is 17.0. The first-order valence-corrected chi connectivity index (χ1v) is 20.3.